The normalized spacial score (nSPS) is 20.4. The molecule has 206 valence electrons. The number of nitrogens with one attached hydrogen (secondary N) is 1. The van der Waals surface area contributed by atoms with Gasteiger partial charge >= 0.3 is 0 Å². The topological polar surface area (TPSA) is 69.3 Å². The molecule has 7 nitrogen and oxygen atoms in total. The standard InChI is InChI=1S/C31H35ClN2O5/c1-34-23-8-9-24(34)17-22(16-23)33-31(35)27-14-15-28(32)30(39-19-21-6-12-26(37-3)13-7-21)29(27)38-18-20-4-10-25(36-2)11-5-20/h4-7,10-15,22-24H,8-9,16-19H2,1-3H3,(H,33,35)/t22?,23-,24+. The molecule has 3 aromatic carbocycles. The number of ether oxygens (including phenoxy) is 4. The monoisotopic (exact) mass is 550 g/mol. The van der Waals surface area contributed by atoms with E-state index in [9.17, 15) is 4.79 Å². The summed E-state index contributed by atoms with van der Waals surface area (Å²) in [7, 11) is 5.45. The zero-order valence-electron chi connectivity index (χ0n) is 22.6. The molecule has 2 aliphatic heterocycles. The van der Waals surface area contributed by atoms with Gasteiger partial charge in [0.05, 0.1) is 24.8 Å². The number of piperidine rings is 1. The van der Waals surface area contributed by atoms with E-state index >= 15 is 0 Å². The van der Waals surface area contributed by atoms with Crippen LogP contribution in [0.4, 0.5) is 0 Å². The molecule has 1 amide bonds. The number of rotatable bonds is 10. The molecule has 2 fully saturated rings. The number of methoxy groups -OCH3 is 2. The molecule has 39 heavy (non-hydrogen) atoms. The smallest absolute Gasteiger partial charge is 0.255 e. The van der Waals surface area contributed by atoms with E-state index in [1.807, 2.05) is 48.5 Å². The van der Waals surface area contributed by atoms with Crippen LogP contribution >= 0.6 is 11.6 Å². The molecule has 0 saturated carbocycles. The van der Waals surface area contributed by atoms with E-state index in [2.05, 4.69) is 17.3 Å². The molecule has 5 rings (SSSR count). The van der Waals surface area contributed by atoms with E-state index < -0.39 is 0 Å². The van der Waals surface area contributed by atoms with Gasteiger partial charge in [-0.3, -0.25) is 4.79 Å². The fourth-order valence-corrected chi connectivity index (χ4v) is 5.75. The first-order valence-corrected chi connectivity index (χ1v) is 13.7. The van der Waals surface area contributed by atoms with Crippen molar-refractivity contribution >= 4 is 17.5 Å². The number of halogens is 1. The number of carbonyl (C=O) groups is 1. The van der Waals surface area contributed by atoms with E-state index in [-0.39, 0.29) is 25.2 Å². The van der Waals surface area contributed by atoms with Crippen LogP contribution in [0.5, 0.6) is 23.0 Å². The number of carbonyl (C=O) groups excluding carboxylic acids is 1. The molecule has 3 aromatic rings. The lowest BCUT2D eigenvalue weighted by Gasteiger charge is -2.36. The Hall–Kier alpha value is -3.42. The quantitative estimate of drug-likeness (QED) is 0.340. The highest BCUT2D eigenvalue weighted by atomic mass is 35.5. The van der Waals surface area contributed by atoms with Gasteiger partial charge in [-0.2, -0.15) is 0 Å². The fraction of sp³-hybridized carbons (Fsp3) is 0.387. The second kappa shape index (κ2) is 12.2. The Kier molecular flexibility index (Phi) is 8.48. The third-order valence-corrected chi connectivity index (χ3v) is 8.12. The van der Waals surface area contributed by atoms with Crippen LogP contribution in [0.1, 0.15) is 47.2 Å². The Balaban J connectivity index is 1.38. The van der Waals surface area contributed by atoms with Crippen molar-refractivity contribution in [3.63, 3.8) is 0 Å². The van der Waals surface area contributed by atoms with Gasteiger partial charge in [0.2, 0.25) is 0 Å². The van der Waals surface area contributed by atoms with Crippen LogP contribution < -0.4 is 24.3 Å². The maximum atomic E-state index is 13.6. The molecule has 2 heterocycles. The molecule has 0 aliphatic carbocycles. The summed E-state index contributed by atoms with van der Waals surface area (Å²) in [5, 5.41) is 3.65. The third-order valence-electron chi connectivity index (χ3n) is 7.83. The molecule has 1 unspecified atom stereocenters. The summed E-state index contributed by atoms with van der Waals surface area (Å²) in [6.45, 7) is 0.494. The Morgan fingerprint density at radius 3 is 1.85 bits per heavy atom. The SMILES string of the molecule is COc1ccc(COc2c(Cl)ccc(C(=O)NC3C[C@H]4CC[C@@H](C3)N4C)c2OCc2ccc(OC)cc2)cc1. The molecular weight excluding hydrogens is 516 g/mol. The van der Waals surface area contributed by atoms with Gasteiger partial charge in [-0.25, -0.2) is 0 Å². The van der Waals surface area contributed by atoms with Crippen LogP contribution in [-0.2, 0) is 13.2 Å². The average molecular weight is 551 g/mol. The van der Waals surface area contributed by atoms with Crippen molar-refractivity contribution in [1.82, 2.24) is 10.2 Å². The van der Waals surface area contributed by atoms with Crippen molar-refractivity contribution < 1.29 is 23.7 Å². The zero-order chi connectivity index (χ0) is 27.4. The van der Waals surface area contributed by atoms with Gasteiger partial charge in [0.15, 0.2) is 11.5 Å². The predicted octanol–water partition coefficient (Wildman–Crippen LogP) is 5.87. The summed E-state index contributed by atoms with van der Waals surface area (Å²) in [4.78, 5) is 16.1. The molecule has 2 bridgehead atoms. The molecule has 0 aromatic heterocycles. The Labute approximate surface area is 235 Å². The van der Waals surface area contributed by atoms with E-state index in [0.29, 0.717) is 34.2 Å². The van der Waals surface area contributed by atoms with Gasteiger partial charge in [-0.1, -0.05) is 35.9 Å². The van der Waals surface area contributed by atoms with Crippen LogP contribution in [-0.4, -0.2) is 50.2 Å². The average Bonchev–Trinajstić information content (AvgIpc) is 3.15. The lowest BCUT2D eigenvalue weighted by molar-refractivity contribution is 0.0877. The minimum Gasteiger partial charge on any atom is -0.497 e. The van der Waals surface area contributed by atoms with Crippen LogP contribution in [0.3, 0.4) is 0 Å². The highest BCUT2D eigenvalue weighted by molar-refractivity contribution is 6.32. The second-order valence-electron chi connectivity index (χ2n) is 10.2. The largest absolute Gasteiger partial charge is 0.497 e. The summed E-state index contributed by atoms with van der Waals surface area (Å²) < 4.78 is 23.0. The molecule has 0 spiro atoms. The van der Waals surface area contributed by atoms with E-state index in [0.717, 1.165) is 35.5 Å². The zero-order valence-corrected chi connectivity index (χ0v) is 23.4. The summed E-state index contributed by atoms with van der Waals surface area (Å²) in [6.07, 6.45) is 4.28. The van der Waals surface area contributed by atoms with E-state index in [1.54, 1.807) is 26.4 Å². The van der Waals surface area contributed by atoms with Gasteiger partial charge in [-0.15, -0.1) is 0 Å². The summed E-state index contributed by atoms with van der Waals surface area (Å²) >= 11 is 6.62. The van der Waals surface area contributed by atoms with Crippen molar-refractivity contribution in [3.8, 4) is 23.0 Å². The van der Waals surface area contributed by atoms with Crippen molar-refractivity contribution in [3.05, 3.63) is 82.4 Å². The fourth-order valence-electron chi connectivity index (χ4n) is 5.54. The van der Waals surface area contributed by atoms with Gasteiger partial charge < -0.3 is 29.2 Å². The van der Waals surface area contributed by atoms with E-state index in [4.69, 9.17) is 30.5 Å². The van der Waals surface area contributed by atoms with Crippen molar-refractivity contribution in [2.75, 3.05) is 21.3 Å². The van der Waals surface area contributed by atoms with Crippen LogP contribution in [0.15, 0.2) is 60.7 Å². The maximum Gasteiger partial charge on any atom is 0.255 e. The predicted molar refractivity (Wildman–Crippen MR) is 151 cm³/mol. The van der Waals surface area contributed by atoms with Gasteiger partial charge in [0, 0.05) is 18.1 Å². The first kappa shape index (κ1) is 27.2. The number of nitrogens with zero attached hydrogens (tertiary/aromatic N) is 1. The molecule has 2 aliphatic rings. The number of fused-ring (bicyclic) bond motifs is 2. The number of benzene rings is 3. The molecule has 3 atom stereocenters. The number of hydrogen-bond donors (Lipinski definition) is 1. The molecule has 8 heteroatoms. The van der Waals surface area contributed by atoms with Gasteiger partial charge in [0.1, 0.15) is 24.7 Å². The van der Waals surface area contributed by atoms with Crippen molar-refractivity contribution in [2.24, 2.45) is 0 Å². The third kappa shape index (κ3) is 6.26. The second-order valence-corrected chi connectivity index (χ2v) is 10.6. The lowest BCUT2D eigenvalue weighted by atomic mass is 9.97. The van der Waals surface area contributed by atoms with Crippen LogP contribution in [0, 0.1) is 0 Å². The number of amides is 1. The summed E-state index contributed by atoms with van der Waals surface area (Å²) in [6, 6.07) is 19.8. The first-order valence-electron chi connectivity index (χ1n) is 13.3. The van der Waals surface area contributed by atoms with Gasteiger partial charge in [-0.05, 0) is 80.3 Å². The molecule has 2 saturated heterocycles. The Bertz CT molecular complexity index is 1270. The van der Waals surface area contributed by atoms with Crippen molar-refractivity contribution in [1.29, 1.82) is 0 Å². The molecule has 1 N–H and O–H groups in total. The lowest BCUT2D eigenvalue weighted by Crippen LogP contribution is -2.48. The Morgan fingerprint density at radius 2 is 1.33 bits per heavy atom. The highest BCUT2D eigenvalue weighted by Crippen LogP contribution is 2.40. The minimum atomic E-state index is -0.181. The summed E-state index contributed by atoms with van der Waals surface area (Å²) in [5.41, 5.74) is 2.27. The highest BCUT2D eigenvalue weighted by Gasteiger charge is 2.39. The van der Waals surface area contributed by atoms with Crippen LogP contribution in [0.25, 0.3) is 0 Å². The number of hydrogen-bond acceptors (Lipinski definition) is 6. The summed E-state index contributed by atoms with van der Waals surface area (Å²) in [5.74, 6) is 2.02. The molecular formula is C31H35ClN2O5. The van der Waals surface area contributed by atoms with Crippen molar-refractivity contribution in [2.45, 2.75) is 57.0 Å². The van der Waals surface area contributed by atoms with Crippen LogP contribution in [0.2, 0.25) is 5.02 Å². The van der Waals surface area contributed by atoms with Gasteiger partial charge in [0.25, 0.3) is 5.91 Å². The first-order chi connectivity index (χ1) is 18.9. The maximum absolute atomic E-state index is 13.6. The Morgan fingerprint density at radius 1 is 0.821 bits per heavy atom. The molecule has 0 radical (unpaired) electrons. The minimum absolute atomic E-state index is 0.125. The van der Waals surface area contributed by atoms with E-state index in [1.165, 1.54) is 12.8 Å².